The van der Waals surface area contributed by atoms with Crippen LogP contribution in [0, 0.1) is 10.8 Å². The first-order chi connectivity index (χ1) is 28.3. The van der Waals surface area contributed by atoms with E-state index in [1.54, 1.807) is 27.9 Å². The minimum atomic E-state index is -0.744. The van der Waals surface area contributed by atoms with Crippen LogP contribution < -0.4 is 21.3 Å². The molecule has 0 spiro atoms. The zero-order valence-electron chi connectivity index (χ0n) is 38.1. The van der Waals surface area contributed by atoms with Crippen LogP contribution >= 0.6 is 0 Å². The van der Waals surface area contributed by atoms with Crippen molar-refractivity contribution in [3.05, 3.63) is 71.8 Å². The molecular formula is C47H74N8O5. The van der Waals surface area contributed by atoms with E-state index in [1.807, 2.05) is 97.5 Å². The molecule has 6 amide bonds. The smallest absolute Gasteiger partial charge is 0.320 e. The van der Waals surface area contributed by atoms with Gasteiger partial charge in [0.2, 0.25) is 23.6 Å². The van der Waals surface area contributed by atoms with Crippen molar-refractivity contribution in [2.24, 2.45) is 10.8 Å². The fraction of sp³-hybridized carbons (Fsp3) is 0.638. The lowest BCUT2D eigenvalue weighted by Crippen LogP contribution is -2.60. The van der Waals surface area contributed by atoms with Crippen molar-refractivity contribution in [1.82, 2.24) is 40.9 Å². The van der Waals surface area contributed by atoms with Crippen LogP contribution in [-0.2, 0) is 32.0 Å². The Morgan fingerprint density at radius 3 is 1.28 bits per heavy atom. The number of hydrogen-bond acceptors (Lipinski definition) is 7. The number of likely N-dealkylation sites (tertiary alicyclic amines) is 2. The fourth-order valence-electron chi connectivity index (χ4n) is 8.11. The van der Waals surface area contributed by atoms with Crippen LogP contribution in [0.2, 0.25) is 0 Å². The van der Waals surface area contributed by atoms with Gasteiger partial charge in [-0.25, -0.2) is 4.79 Å². The second kappa shape index (κ2) is 21.9. The highest BCUT2D eigenvalue weighted by atomic mass is 16.2. The number of carbonyl (C=O) groups excluding carboxylic acids is 5. The molecule has 2 saturated heterocycles. The second-order valence-corrected chi connectivity index (χ2v) is 18.9. The Balaban J connectivity index is 1.66. The minimum absolute atomic E-state index is 0.132. The summed E-state index contributed by atoms with van der Waals surface area (Å²) in [6, 6.07) is 17.2. The summed E-state index contributed by atoms with van der Waals surface area (Å²) in [5, 5.41) is 12.0. The second-order valence-electron chi connectivity index (χ2n) is 18.9. The Hall–Kier alpha value is -4.49. The zero-order chi connectivity index (χ0) is 44.2. The van der Waals surface area contributed by atoms with E-state index in [1.165, 1.54) is 0 Å². The number of carbonyl (C=O) groups is 5. The van der Waals surface area contributed by atoms with Crippen molar-refractivity contribution in [2.75, 3.05) is 53.4 Å². The van der Waals surface area contributed by atoms with Crippen molar-refractivity contribution in [2.45, 2.75) is 130 Å². The van der Waals surface area contributed by atoms with Crippen molar-refractivity contribution in [1.29, 1.82) is 0 Å². The normalized spacial score (nSPS) is 19.0. The summed E-state index contributed by atoms with van der Waals surface area (Å²) in [4.78, 5) is 77.9. The molecule has 60 heavy (non-hydrogen) atoms. The van der Waals surface area contributed by atoms with E-state index >= 15 is 4.79 Å². The van der Waals surface area contributed by atoms with Gasteiger partial charge < -0.3 is 40.9 Å². The number of urea groups is 1. The molecule has 2 aromatic rings. The topological polar surface area (TPSA) is 146 Å². The SMILES string of the molecule is CN[C@@H](C)C(=O)N[C@H](C(=O)N1CCC[C@@H]1CN(CCc1ccccc1)C(=O)N(CCc1ccccc1)C[C@@H]1CCCN1C(=O)[C@@H](NC(=O)[C@H](C)NC)C(C)(C)C)C(C)(C)C. The van der Waals surface area contributed by atoms with Crippen LogP contribution in [-0.4, -0.2) is 139 Å². The van der Waals surface area contributed by atoms with Gasteiger partial charge in [0.1, 0.15) is 12.1 Å². The van der Waals surface area contributed by atoms with E-state index in [0.29, 0.717) is 52.1 Å². The van der Waals surface area contributed by atoms with E-state index in [0.717, 1.165) is 36.8 Å². The minimum Gasteiger partial charge on any atom is -0.342 e. The molecule has 2 aromatic carbocycles. The molecule has 2 aliphatic heterocycles. The zero-order valence-corrected chi connectivity index (χ0v) is 38.1. The van der Waals surface area contributed by atoms with E-state index in [4.69, 9.17) is 0 Å². The summed E-state index contributed by atoms with van der Waals surface area (Å²) in [6.07, 6.45) is 4.33. The maximum absolute atomic E-state index is 15.2. The third kappa shape index (κ3) is 13.3. The highest BCUT2D eigenvalue weighted by Crippen LogP contribution is 2.29. The van der Waals surface area contributed by atoms with Crippen molar-refractivity contribution in [3.8, 4) is 0 Å². The first kappa shape index (κ1) is 48.2. The number of hydrogen-bond donors (Lipinski definition) is 4. The van der Waals surface area contributed by atoms with Gasteiger partial charge in [-0.2, -0.15) is 0 Å². The monoisotopic (exact) mass is 831 g/mol. The maximum atomic E-state index is 15.2. The third-order valence-corrected chi connectivity index (χ3v) is 12.2. The molecule has 332 valence electrons. The Kier molecular flexibility index (Phi) is 17.5. The highest BCUT2D eigenvalue weighted by Gasteiger charge is 2.43. The predicted molar refractivity (Wildman–Crippen MR) is 238 cm³/mol. The lowest BCUT2D eigenvalue weighted by molar-refractivity contribution is -0.140. The summed E-state index contributed by atoms with van der Waals surface area (Å²) in [5.74, 6) is -0.748. The van der Waals surface area contributed by atoms with Crippen molar-refractivity contribution in [3.63, 3.8) is 0 Å². The van der Waals surface area contributed by atoms with Crippen LogP contribution in [0.5, 0.6) is 0 Å². The van der Waals surface area contributed by atoms with Gasteiger partial charge in [-0.3, -0.25) is 19.2 Å². The standard InChI is InChI=1S/C47H74N8O5/c1-33(48-9)41(56)50-39(46(3,4)5)43(58)54-27-17-23-37(54)31-52(29-25-35-19-13-11-14-20-35)45(60)53(30-26-36-21-15-12-16-22-36)32-38-24-18-28-55(38)44(59)40(47(6,7)8)51-42(57)34(2)49-10/h11-16,19-22,33-34,37-40,48-49H,17-18,23-32H2,1-10H3,(H,50,56)(H,51,57)/t33-,34-,37-,38+,39+,40+/m0/s1. The van der Waals surface area contributed by atoms with Gasteiger partial charge in [0, 0.05) is 51.4 Å². The number of benzene rings is 2. The Bertz CT molecular complexity index is 1590. The molecule has 2 fully saturated rings. The summed E-state index contributed by atoms with van der Waals surface area (Å²) in [5.41, 5.74) is 1.12. The molecule has 6 atom stereocenters. The van der Waals surface area contributed by atoms with Gasteiger partial charge in [-0.15, -0.1) is 0 Å². The molecular weight excluding hydrogens is 757 g/mol. The summed E-state index contributed by atoms with van der Waals surface area (Å²) in [6.45, 7) is 18.0. The number of likely N-dealkylation sites (N-methyl/N-ethyl adjacent to an activating group) is 2. The van der Waals surface area contributed by atoms with Crippen LogP contribution in [0.15, 0.2) is 60.7 Å². The Labute approximate surface area is 359 Å². The van der Waals surface area contributed by atoms with Crippen LogP contribution in [0.25, 0.3) is 0 Å². The van der Waals surface area contributed by atoms with Crippen LogP contribution in [0.3, 0.4) is 0 Å². The van der Waals surface area contributed by atoms with E-state index in [9.17, 15) is 19.2 Å². The van der Waals surface area contributed by atoms with Crippen LogP contribution in [0.1, 0.15) is 92.2 Å². The third-order valence-electron chi connectivity index (χ3n) is 12.2. The maximum Gasteiger partial charge on any atom is 0.320 e. The predicted octanol–water partition coefficient (Wildman–Crippen LogP) is 4.46. The summed E-state index contributed by atoms with van der Waals surface area (Å²) >= 11 is 0. The van der Waals surface area contributed by atoms with E-state index in [2.05, 4.69) is 45.5 Å². The van der Waals surface area contributed by atoms with Gasteiger partial charge in [0.25, 0.3) is 0 Å². The molecule has 13 heteroatoms. The number of amides is 6. The molecule has 0 saturated carbocycles. The summed E-state index contributed by atoms with van der Waals surface area (Å²) in [7, 11) is 3.44. The number of nitrogens with zero attached hydrogens (tertiary/aromatic N) is 4. The van der Waals surface area contributed by atoms with Gasteiger partial charge in [-0.1, -0.05) is 102 Å². The highest BCUT2D eigenvalue weighted by molar-refractivity contribution is 5.91. The van der Waals surface area contributed by atoms with Gasteiger partial charge >= 0.3 is 6.03 Å². The first-order valence-electron chi connectivity index (χ1n) is 22.0. The molecule has 4 rings (SSSR count). The molecule has 2 aliphatic rings. The molecule has 2 heterocycles. The number of nitrogens with one attached hydrogen (secondary N) is 4. The lowest BCUT2D eigenvalue weighted by atomic mass is 9.85. The lowest BCUT2D eigenvalue weighted by Gasteiger charge is -2.40. The fourth-order valence-corrected chi connectivity index (χ4v) is 8.11. The molecule has 0 unspecified atom stereocenters. The molecule has 13 nitrogen and oxygen atoms in total. The quantitative estimate of drug-likeness (QED) is 0.174. The average Bonchev–Trinajstić information content (AvgIpc) is 3.90. The van der Waals surface area contributed by atoms with E-state index in [-0.39, 0.29) is 41.7 Å². The first-order valence-corrected chi connectivity index (χ1v) is 22.0. The molecule has 0 aromatic heterocycles. The largest absolute Gasteiger partial charge is 0.342 e. The van der Waals surface area contributed by atoms with Crippen LogP contribution in [0.4, 0.5) is 4.79 Å². The average molecular weight is 831 g/mol. The van der Waals surface area contributed by atoms with Crippen molar-refractivity contribution < 1.29 is 24.0 Å². The molecule has 0 bridgehead atoms. The van der Waals surface area contributed by atoms with Gasteiger partial charge in [0.05, 0.1) is 12.1 Å². The van der Waals surface area contributed by atoms with Gasteiger partial charge in [-0.05, 0) is 88.4 Å². The van der Waals surface area contributed by atoms with Crippen molar-refractivity contribution >= 4 is 29.7 Å². The number of rotatable bonds is 18. The Morgan fingerprint density at radius 2 is 0.967 bits per heavy atom. The molecule has 4 N–H and O–H groups in total. The summed E-state index contributed by atoms with van der Waals surface area (Å²) < 4.78 is 0. The van der Waals surface area contributed by atoms with Gasteiger partial charge in [0.15, 0.2) is 0 Å². The molecule has 0 aliphatic carbocycles. The molecule has 0 radical (unpaired) electrons. The Morgan fingerprint density at radius 1 is 0.617 bits per heavy atom. The van der Waals surface area contributed by atoms with E-state index < -0.39 is 35.0 Å².